The maximum absolute atomic E-state index is 11.3. The van der Waals surface area contributed by atoms with Gasteiger partial charge in [-0.1, -0.05) is 31.2 Å². The lowest BCUT2D eigenvalue weighted by atomic mass is 10.1. The van der Waals surface area contributed by atoms with Gasteiger partial charge in [0.15, 0.2) is 0 Å². The van der Waals surface area contributed by atoms with E-state index in [-0.39, 0.29) is 11.6 Å². The molecule has 0 atom stereocenters. The minimum atomic E-state index is -0.943. The zero-order valence-corrected chi connectivity index (χ0v) is 11.4. The standard InChI is InChI=1S/C15H18N2O2/c1-4-11-5-7-12(8-6-11)14-13(15(18)19)9-17(16-14)10(2)3/h5-10H,4H2,1-3H3,(H,18,19). The molecular weight excluding hydrogens is 240 g/mol. The van der Waals surface area contributed by atoms with E-state index < -0.39 is 5.97 Å². The number of nitrogens with zero attached hydrogens (tertiary/aromatic N) is 2. The third-order valence-electron chi connectivity index (χ3n) is 3.13. The maximum Gasteiger partial charge on any atom is 0.339 e. The number of aromatic carboxylic acids is 1. The van der Waals surface area contributed by atoms with Crippen LogP contribution in [-0.2, 0) is 6.42 Å². The van der Waals surface area contributed by atoms with Gasteiger partial charge in [0.25, 0.3) is 0 Å². The largest absolute Gasteiger partial charge is 0.478 e. The average Bonchev–Trinajstić information content (AvgIpc) is 2.84. The first-order valence-electron chi connectivity index (χ1n) is 6.44. The Morgan fingerprint density at radius 1 is 1.32 bits per heavy atom. The molecule has 1 N–H and O–H groups in total. The molecule has 1 aromatic heterocycles. The number of benzene rings is 1. The first-order valence-corrected chi connectivity index (χ1v) is 6.44. The van der Waals surface area contributed by atoms with Gasteiger partial charge in [0.1, 0.15) is 11.3 Å². The molecule has 1 heterocycles. The fraction of sp³-hybridized carbons (Fsp3) is 0.333. The Labute approximate surface area is 112 Å². The third kappa shape index (κ3) is 2.67. The Bertz CT molecular complexity index is 583. The summed E-state index contributed by atoms with van der Waals surface area (Å²) < 4.78 is 1.69. The lowest BCUT2D eigenvalue weighted by Gasteiger charge is -2.04. The number of hydrogen-bond donors (Lipinski definition) is 1. The molecule has 100 valence electrons. The van der Waals surface area contributed by atoms with Gasteiger partial charge in [0.2, 0.25) is 0 Å². The van der Waals surface area contributed by atoms with Gasteiger partial charge in [-0.25, -0.2) is 4.79 Å². The minimum absolute atomic E-state index is 0.141. The lowest BCUT2D eigenvalue weighted by Crippen LogP contribution is -2.00. The molecule has 0 radical (unpaired) electrons. The van der Waals surface area contributed by atoms with Crippen LogP contribution in [0.4, 0.5) is 0 Å². The second kappa shape index (κ2) is 5.26. The van der Waals surface area contributed by atoms with E-state index in [9.17, 15) is 9.90 Å². The first kappa shape index (κ1) is 13.3. The van der Waals surface area contributed by atoms with Crippen molar-refractivity contribution >= 4 is 5.97 Å². The summed E-state index contributed by atoms with van der Waals surface area (Å²) in [6.45, 7) is 6.04. The molecule has 2 aromatic rings. The number of aromatic nitrogens is 2. The molecule has 19 heavy (non-hydrogen) atoms. The summed E-state index contributed by atoms with van der Waals surface area (Å²) in [6.07, 6.45) is 2.56. The summed E-state index contributed by atoms with van der Waals surface area (Å²) in [4.78, 5) is 11.3. The molecule has 0 aliphatic carbocycles. The highest BCUT2D eigenvalue weighted by Crippen LogP contribution is 2.24. The van der Waals surface area contributed by atoms with Crippen molar-refractivity contribution in [3.63, 3.8) is 0 Å². The van der Waals surface area contributed by atoms with Crippen LogP contribution < -0.4 is 0 Å². The highest BCUT2D eigenvalue weighted by atomic mass is 16.4. The van der Waals surface area contributed by atoms with Crippen molar-refractivity contribution in [3.8, 4) is 11.3 Å². The average molecular weight is 258 g/mol. The van der Waals surface area contributed by atoms with E-state index >= 15 is 0 Å². The molecule has 0 saturated heterocycles. The predicted octanol–water partition coefficient (Wildman–Crippen LogP) is 3.39. The number of aryl methyl sites for hydroxylation is 1. The van der Waals surface area contributed by atoms with Crippen LogP contribution in [0.5, 0.6) is 0 Å². The fourth-order valence-electron chi connectivity index (χ4n) is 1.92. The van der Waals surface area contributed by atoms with Crippen LogP contribution in [0, 0.1) is 0 Å². The van der Waals surface area contributed by atoms with Gasteiger partial charge in [-0.05, 0) is 25.8 Å². The predicted molar refractivity (Wildman–Crippen MR) is 74.4 cm³/mol. The van der Waals surface area contributed by atoms with Crippen molar-refractivity contribution in [1.82, 2.24) is 9.78 Å². The van der Waals surface area contributed by atoms with Gasteiger partial charge < -0.3 is 5.11 Å². The molecule has 0 spiro atoms. The van der Waals surface area contributed by atoms with Crippen LogP contribution in [0.2, 0.25) is 0 Å². The van der Waals surface area contributed by atoms with Crippen LogP contribution in [0.3, 0.4) is 0 Å². The summed E-state index contributed by atoms with van der Waals surface area (Å²) in [5.74, 6) is -0.943. The van der Waals surface area contributed by atoms with Crippen molar-refractivity contribution in [2.45, 2.75) is 33.2 Å². The molecule has 0 aliphatic heterocycles. The summed E-state index contributed by atoms with van der Waals surface area (Å²) in [5.41, 5.74) is 2.85. The smallest absolute Gasteiger partial charge is 0.339 e. The van der Waals surface area contributed by atoms with Crippen molar-refractivity contribution < 1.29 is 9.90 Å². The van der Waals surface area contributed by atoms with E-state index in [1.165, 1.54) is 5.56 Å². The van der Waals surface area contributed by atoms with Crippen molar-refractivity contribution in [1.29, 1.82) is 0 Å². The molecule has 0 unspecified atom stereocenters. The van der Waals surface area contributed by atoms with Crippen LogP contribution in [0.1, 0.15) is 42.7 Å². The molecule has 0 aliphatic rings. The van der Waals surface area contributed by atoms with Gasteiger partial charge in [0.05, 0.1) is 0 Å². The number of rotatable bonds is 4. The highest BCUT2D eigenvalue weighted by Gasteiger charge is 2.17. The fourth-order valence-corrected chi connectivity index (χ4v) is 1.92. The zero-order chi connectivity index (χ0) is 14.0. The van der Waals surface area contributed by atoms with Crippen molar-refractivity contribution in [2.24, 2.45) is 0 Å². The van der Waals surface area contributed by atoms with E-state index in [1.54, 1.807) is 10.9 Å². The quantitative estimate of drug-likeness (QED) is 0.914. The SMILES string of the molecule is CCc1ccc(-c2nn(C(C)C)cc2C(=O)O)cc1. The topological polar surface area (TPSA) is 55.1 Å². The third-order valence-corrected chi connectivity index (χ3v) is 3.13. The van der Waals surface area contributed by atoms with Gasteiger partial charge in [-0.15, -0.1) is 0 Å². The van der Waals surface area contributed by atoms with E-state index in [0.29, 0.717) is 5.69 Å². The molecule has 0 fully saturated rings. The Morgan fingerprint density at radius 3 is 2.42 bits per heavy atom. The summed E-state index contributed by atoms with van der Waals surface area (Å²) in [6, 6.07) is 8.02. The molecule has 4 nitrogen and oxygen atoms in total. The lowest BCUT2D eigenvalue weighted by molar-refractivity contribution is 0.0697. The Hall–Kier alpha value is -2.10. The van der Waals surface area contributed by atoms with E-state index in [0.717, 1.165) is 12.0 Å². The van der Waals surface area contributed by atoms with E-state index in [4.69, 9.17) is 0 Å². The van der Waals surface area contributed by atoms with Crippen LogP contribution in [0.25, 0.3) is 11.3 Å². The highest BCUT2D eigenvalue weighted by molar-refractivity contribution is 5.94. The Balaban J connectivity index is 2.49. The number of hydrogen-bond acceptors (Lipinski definition) is 2. The summed E-state index contributed by atoms with van der Waals surface area (Å²) >= 11 is 0. The van der Waals surface area contributed by atoms with Gasteiger partial charge in [-0.3, -0.25) is 4.68 Å². The Kier molecular flexibility index (Phi) is 3.69. The van der Waals surface area contributed by atoms with Gasteiger partial charge >= 0.3 is 5.97 Å². The summed E-state index contributed by atoms with van der Waals surface area (Å²) in [5, 5.41) is 13.7. The van der Waals surface area contributed by atoms with Crippen LogP contribution >= 0.6 is 0 Å². The van der Waals surface area contributed by atoms with Crippen molar-refractivity contribution in [2.75, 3.05) is 0 Å². The number of carbonyl (C=O) groups is 1. The Morgan fingerprint density at radius 2 is 1.95 bits per heavy atom. The molecule has 4 heteroatoms. The minimum Gasteiger partial charge on any atom is -0.478 e. The molecule has 1 aromatic carbocycles. The monoisotopic (exact) mass is 258 g/mol. The molecule has 0 amide bonds. The number of carboxylic acid groups (broad SMARTS) is 1. The molecule has 0 bridgehead atoms. The van der Waals surface area contributed by atoms with Gasteiger partial charge in [0, 0.05) is 17.8 Å². The molecular formula is C15H18N2O2. The molecule has 2 rings (SSSR count). The van der Waals surface area contributed by atoms with E-state index in [2.05, 4.69) is 12.0 Å². The van der Waals surface area contributed by atoms with Crippen LogP contribution in [-0.4, -0.2) is 20.9 Å². The van der Waals surface area contributed by atoms with Crippen molar-refractivity contribution in [3.05, 3.63) is 41.6 Å². The zero-order valence-electron chi connectivity index (χ0n) is 11.4. The van der Waals surface area contributed by atoms with E-state index in [1.807, 2.05) is 38.1 Å². The second-order valence-electron chi connectivity index (χ2n) is 4.82. The second-order valence-corrected chi connectivity index (χ2v) is 4.82. The van der Waals surface area contributed by atoms with Crippen LogP contribution in [0.15, 0.2) is 30.5 Å². The number of carboxylic acids is 1. The molecule has 0 saturated carbocycles. The maximum atomic E-state index is 11.3. The van der Waals surface area contributed by atoms with Gasteiger partial charge in [-0.2, -0.15) is 5.10 Å². The normalized spacial score (nSPS) is 10.9. The first-order chi connectivity index (χ1) is 9.02. The summed E-state index contributed by atoms with van der Waals surface area (Å²) in [7, 11) is 0.